The normalized spacial score (nSPS) is 12.1. The Balaban J connectivity index is 1.67. The highest BCUT2D eigenvalue weighted by molar-refractivity contribution is 5.92. The first-order chi connectivity index (χ1) is 15.0. The van der Waals surface area contributed by atoms with Crippen molar-refractivity contribution in [2.75, 3.05) is 5.32 Å². The molecule has 1 amide bonds. The third kappa shape index (κ3) is 4.05. The number of carbonyl (C=O) groups is 1. The number of aryl methyl sites for hydroxylation is 1. The standard InChI is InChI=1S/C21H19F3N6O2/c1-11(2)30-17-8-13(21(22,23)24)4-6-15(17)20(32)16(28-30)9-19(31)26-14-5-7-18-25-12(3)27-29(18)10-14/h4-8,10-11H,9H2,1-3H3,(H,26,31). The highest BCUT2D eigenvalue weighted by atomic mass is 19.4. The molecule has 3 heterocycles. The number of nitrogens with one attached hydrogen (secondary N) is 1. The minimum Gasteiger partial charge on any atom is -0.324 e. The van der Waals surface area contributed by atoms with E-state index < -0.39 is 23.1 Å². The molecule has 3 aromatic heterocycles. The van der Waals surface area contributed by atoms with Gasteiger partial charge in [-0.15, -0.1) is 0 Å². The molecule has 0 aliphatic heterocycles. The molecule has 11 heteroatoms. The van der Waals surface area contributed by atoms with E-state index in [-0.39, 0.29) is 29.1 Å². The van der Waals surface area contributed by atoms with Gasteiger partial charge in [0.25, 0.3) is 0 Å². The van der Waals surface area contributed by atoms with E-state index in [1.54, 1.807) is 39.1 Å². The third-order valence-electron chi connectivity index (χ3n) is 4.84. The monoisotopic (exact) mass is 444 g/mol. The van der Waals surface area contributed by atoms with E-state index in [2.05, 4.69) is 20.5 Å². The average Bonchev–Trinajstić information content (AvgIpc) is 3.08. The van der Waals surface area contributed by atoms with Crippen LogP contribution >= 0.6 is 0 Å². The predicted molar refractivity (Wildman–Crippen MR) is 111 cm³/mol. The van der Waals surface area contributed by atoms with Crippen LogP contribution in [-0.4, -0.2) is 30.3 Å². The van der Waals surface area contributed by atoms with Crippen LogP contribution in [0.25, 0.3) is 16.6 Å². The fraction of sp³-hybridized carbons (Fsp3) is 0.286. The number of fused-ring (bicyclic) bond motifs is 2. The molecule has 0 bridgehead atoms. The summed E-state index contributed by atoms with van der Waals surface area (Å²) in [5.74, 6) is 0.0871. The molecule has 0 atom stereocenters. The number of carbonyl (C=O) groups excluding carboxylic acids is 1. The second kappa shape index (κ2) is 7.74. The second-order valence-corrected chi connectivity index (χ2v) is 7.65. The van der Waals surface area contributed by atoms with Gasteiger partial charge < -0.3 is 5.32 Å². The van der Waals surface area contributed by atoms with Gasteiger partial charge in [0.1, 0.15) is 11.5 Å². The summed E-state index contributed by atoms with van der Waals surface area (Å²) in [5.41, 5.74) is -0.369. The fourth-order valence-electron chi connectivity index (χ4n) is 3.41. The zero-order valence-electron chi connectivity index (χ0n) is 17.4. The number of alkyl halides is 3. The van der Waals surface area contributed by atoms with Gasteiger partial charge >= 0.3 is 6.18 Å². The van der Waals surface area contributed by atoms with Crippen LogP contribution in [0.1, 0.15) is 37.0 Å². The Hall–Kier alpha value is -3.76. The van der Waals surface area contributed by atoms with E-state index in [0.717, 1.165) is 18.2 Å². The van der Waals surface area contributed by atoms with Gasteiger partial charge in [-0.25, -0.2) is 9.50 Å². The van der Waals surface area contributed by atoms with E-state index in [4.69, 9.17) is 0 Å². The van der Waals surface area contributed by atoms with Crippen LogP contribution in [0.4, 0.5) is 18.9 Å². The minimum atomic E-state index is -4.55. The maximum atomic E-state index is 13.1. The number of benzene rings is 1. The lowest BCUT2D eigenvalue weighted by Gasteiger charge is -2.16. The Morgan fingerprint density at radius 2 is 1.91 bits per heavy atom. The number of pyridine rings is 1. The molecule has 0 saturated heterocycles. The number of amides is 1. The number of rotatable bonds is 4. The summed E-state index contributed by atoms with van der Waals surface area (Å²) < 4.78 is 42.3. The van der Waals surface area contributed by atoms with Crippen molar-refractivity contribution < 1.29 is 18.0 Å². The van der Waals surface area contributed by atoms with Crippen molar-refractivity contribution in [1.82, 2.24) is 24.4 Å². The summed E-state index contributed by atoms with van der Waals surface area (Å²) >= 11 is 0. The lowest BCUT2D eigenvalue weighted by atomic mass is 10.1. The molecule has 0 radical (unpaired) electrons. The zero-order valence-corrected chi connectivity index (χ0v) is 17.4. The van der Waals surface area contributed by atoms with Crippen LogP contribution in [0.3, 0.4) is 0 Å². The first-order valence-electron chi connectivity index (χ1n) is 9.78. The second-order valence-electron chi connectivity index (χ2n) is 7.65. The number of nitrogens with zero attached hydrogens (tertiary/aromatic N) is 5. The molecule has 4 aromatic rings. The number of hydrogen-bond acceptors (Lipinski definition) is 5. The first kappa shape index (κ1) is 21.5. The highest BCUT2D eigenvalue weighted by Crippen LogP contribution is 2.31. The quantitative estimate of drug-likeness (QED) is 0.520. The number of halogens is 3. The maximum Gasteiger partial charge on any atom is 0.416 e. The molecule has 8 nitrogen and oxygen atoms in total. The van der Waals surface area contributed by atoms with Gasteiger partial charge in [0, 0.05) is 11.4 Å². The van der Waals surface area contributed by atoms with Crippen molar-refractivity contribution in [3.63, 3.8) is 0 Å². The number of aromatic nitrogens is 5. The van der Waals surface area contributed by atoms with Crippen LogP contribution in [0, 0.1) is 6.92 Å². The molecule has 1 aromatic carbocycles. The van der Waals surface area contributed by atoms with Crippen molar-refractivity contribution >= 4 is 28.1 Å². The van der Waals surface area contributed by atoms with Crippen molar-refractivity contribution in [2.24, 2.45) is 0 Å². The number of anilines is 1. The van der Waals surface area contributed by atoms with E-state index in [9.17, 15) is 22.8 Å². The van der Waals surface area contributed by atoms with E-state index in [1.165, 1.54) is 9.20 Å². The summed E-state index contributed by atoms with van der Waals surface area (Å²) in [6.07, 6.45) is -3.29. The van der Waals surface area contributed by atoms with Gasteiger partial charge in [-0.3, -0.25) is 14.3 Å². The third-order valence-corrected chi connectivity index (χ3v) is 4.84. The van der Waals surface area contributed by atoms with Gasteiger partial charge in [-0.1, -0.05) is 0 Å². The Labute approximate surface area is 179 Å². The Bertz CT molecular complexity index is 1400. The molecule has 0 fully saturated rings. The molecule has 0 aliphatic rings. The summed E-state index contributed by atoms with van der Waals surface area (Å²) in [6, 6.07) is 5.90. The SMILES string of the molecule is Cc1nc2ccc(NC(=O)Cc3nn(C(C)C)c4cc(C(F)(F)F)ccc4c3=O)cn2n1. The molecule has 0 spiro atoms. The molecule has 1 N–H and O–H groups in total. The fourth-order valence-corrected chi connectivity index (χ4v) is 3.41. The molecule has 32 heavy (non-hydrogen) atoms. The number of hydrogen-bond donors (Lipinski definition) is 1. The van der Waals surface area contributed by atoms with Gasteiger partial charge in [0.2, 0.25) is 11.3 Å². The van der Waals surface area contributed by atoms with Crippen LogP contribution in [-0.2, 0) is 17.4 Å². The van der Waals surface area contributed by atoms with Gasteiger partial charge in [0.05, 0.1) is 29.4 Å². The topological polar surface area (TPSA) is 94.2 Å². The summed E-state index contributed by atoms with van der Waals surface area (Å²) in [7, 11) is 0. The molecule has 0 unspecified atom stereocenters. The zero-order chi connectivity index (χ0) is 23.2. The Morgan fingerprint density at radius 3 is 2.59 bits per heavy atom. The Kier molecular flexibility index (Phi) is 5.19. The van der Waals surface area contributed by atoms with E-state index >= 15 is 0 Å². The van der Waals surface area contributed by atoms with Crippen molar-refractivity contribution in [1.29, 1.82) is 0 Å². The minimum absolute atomic E-state index is 0.0545. The summed E-state index contributed by atoms with van der Waals surface area (Å²) in [5, 5.41) is 11.1. The van der Waals surface area contributed by atoms with Crippen LogP contribution in [0.15, 0.2) is 41.3 Å². The smallest absolute Gasteiger partial charge is 0.324 e. The van der Waals surface area contributed by atoms with Crippen molar-refractivity contribution in [3.8, 4) is 0 Å². The lowest BCUT2D eigenvalue weighted by molar-refractivity contribution is -0.137. The van der Waals surface area contributed by atoms with E-state index in [0.29, 0.717) is 17.2 Å². The van der Waals surface area contributed by atoms with Gasteiger partial charge in [0.15, 0.2) is 5.65 Å². The predicted octanol–water partition coefficient (Wildman–Crippen LogP) is 3.53. The molecular formula is C21H19F3N6O2. The first-order valence-corrected chi connectivity index (χ1v) is 9.78. The van der Waals surface area contributed by atoms with E-state index in [1.807, 2.05) is 0 Å². The highest BCUT2D eigenvalue weighted by Gasteiger charge is 2.31. The lowest BCUT2D eigenvalue weighted by Crippen LogP contribution is -2.25. The molecule has 0 saturated carbocycles. The Morgan fingerprint density at radius 1 is 1.16 bits per heavy atom. The van der Waals surface area contributed by atoms with Crippen LogP contribution < -0.4 is 10.7 Å². The van der Waals surface area contributed by atoms with Gasteiger partial charge in [-0.2, -0.15) is 23.4 Å². The van der Waals surface area contributed by atoms with Crippen molar-refractivity contribution in [2.45, 2.75) is 39.4 Å². The van der Waals surface area contributed by atoms with Gasteiger partial charge in [-0.05, 0) is 51.1 Å². The van der Waals surface area contributed by atoms with Crippen LogP contribution in [0.2, 0.25) is 0 Å². The maximum absolute atomic E-state index is 13.1. The molecule has 166 valence electrons. The van der Waals surface area contributed by atoms with Crippen LogP contribution in [0.5, 0.6) is 0 Å². The molecule has 4 rings (SSSR count). The van der Waals surface area contributed by atoms with Crippen molar-refractivity contribution in [3.05, 3.63) is 63.8 Å². The summed E-state index contributed by atoms with van der Waals surface area (Å²) in [6.45, 7) is 5.21. The average molecular weight is 444 g/mol. The molecular weight excluding hydrogens is 425 g/mol. The largest absolute Gasteiger partial charge is 0.416 e. The molecule has 0 aliphatic carbocycles. The summed E-state index contributed by atoms with van der Waals surface area (Å²) in [4.78, 5) is 29.7.